The number of nitrogens with one attached hydrogen (secondary N) is 2. The summed E-state index contributed by atoms with van der Waals surface area (Å²) in [5.41, 5.74) is 1.79. The molecule has 1 aliphatic rings. The first-order valence-corrected chi connectivity index (χ1v) is 14.8. The van der Waals surface area contributed by atoms with E-state index in [0.29, 0.717) is 35.4 Å². The lowest BCUT2D eigenvalue weighted by atomic mass is 10.00. The normalized spacial score (nSPS) is 14.0. The molecule has 1 fully saturated rings. The highest BCUT2D eigenvalue weighted by atomic mass is 32.2. The van der Waals surface area contributed by atoms with Crippen molar-refractivity contribution in [1.82, 2.24) is 19.3 Å². The van der Waals surface area contributed by atoms with Gasteiger partial charge < -0.3 is 25.0 Å². The number of hydrogen-bond donors (Lipinski definition) is 3. The summed E-state index contributed by atoms with van der Waals surface area (Å²) in [6.07, 6.45) is 5.57. The number of hydrogen-bond acceptors (Lipinski definition) is 8. The van der Waals surface area contributed by atoms with Crippen molar-refractivity contribution in [2.24, 2.45) is 0 Å². The fourth-order valence-electron chi connectivity index (χ4n) is 5.16. The van der Waals surface area contributed by atoms with Crippen LogP contribution < -0.4 is 20.5 Å². The number of nitrogens with zero attached hydrogens (tertiary/aromatic N) is 3. The number of carbonyl (C=O) groups excluding carboxylic acids is 1. The molecular weight excluding hydrogens is 558 g/mol. The van der Waals surface area contributed by atoms with Crippen LogP contribution in [-0.2, 0) is 16.6 Å². The number of methoxy groups -OCH3 is 1. The highest BCUT2D eigenvalue weighted by Gasteiger charge is 2.54. The molecule has 5 rings (SSSR count). The number of aryl methyl sites for hydroxylation is 1. The molecule has 0 unspecified atom stereocenters. The van der Waals surface area contributed by atoms with Crippen molar-refractivity contribution in [2.45, 2.75) is 37.5 Å². The van der Waals surface area contributed by atoms with E-state index in [9.17, 15) is 23.1 Å². The van der Waals surface area contributed by atoms with Gasteiger partial charge in [0, 0.05) is 31.5 Å². The molecule has 4 aromatic rings. The summed E-state index contributed by atoms with van der Waals surface area (Å²) in [6, 6.07) is 8.50. The smallest absolute Gasteiger partial charge is 0.256 e. The van der Waals surface area contributed by atoms with Crippen molar-refractivity contribution >= 4 is 32.7 Å². The average molecular weight is 592 g/mol. The van der Waals surface area contributed by atoms with Gasteiger partial charge in [0.1, 0.15) is 17.3 Å². The molecule has 3 N–H and O–H groups in total. The fraction of sp³-hybridized carbons (Fsp3) is 0.300. The largest absolute Gasteiger partial charge is 0.506 e. The van der Waals surface area contributed by atoms with Gasteiger partial charge in [-0.15, -0.1) is 6.58 Å². The molecule has 0 spiro atoms. The van der Waals surface area contributed by atoms with Gasteiger partial charge in [0.25, 0.3) is 11.5 Å². The molecule has 0 atom stereocenters. The lowest BCUT2D eigenvalue weighted by Gasteiger charge is -2.17. The third-order valence-corrected chi connectivity index (χ3v) is 10.1. The summed E-state index contributed by atoms with van der Waals surface area (Å²) >= 11 is 0. The number of allylic oxidation sites excluding steroid dienone is 1. The number of aromatic nitrogens is 3. The number of aromatic amines is 1. The monoisotopic (exact) mass is 591 g/mol. The van der Waals surface area contributed by atoms with E-state index in [-0.39, 0.29) is 40.7 Å². The Morgan fingerprint density at radius 2 is 2.00 bits per heavy atom. The zero-order valence-corrected chi connectivity index (χ0v) is 24.7. The summed E-state index contributed by atoms with van der Waals surface area (Å²) in [6.45, 7) is 5.28. The van der Waals surface area contributed by atoms with E-state index in [1.807, 2.05) is 31.1 Å². The number of aromatic hydroxyl groups is 1. The zero-order chi connectivity index (χ0) is 30.4. The number of fused-ring (bicyclic) bond motifs is 1. The van der Waals surface area contributed by atoms with Gasteiger partial charge in [-0.3, -0.25) is 9.59 Å². The Morgan fingerprint density at radius 1 is 1.26 bits per heavy atom. The fourth-order valence-corrected chi connectivity index (χ4v) is 7.16. The standard InChI is InChI=1S/C30H33N5O6S/c1-6-9-30(10-11-30)42(39,40)35-17-24(36)27-21(28(37)32-16-22-25(41-5)12-18(2)33-29(22)38)13-20(14-23(27)35)19-7-8-26(31-15-19)34(3)4/h6-8,12-15,17,36H,1,9-11,16H2,2-5H3,(H,32,37)(H,33,38). The Balaban J connectivity index is 1.65. The first-order valence-electron chi connectivity index (χ1n) is 13.4. The van der Waals surface area contributed by atoms with Crippen LogP contribution in [0.5, 0.6) is 11.5 Å². The predicted octanol–water partition coefficient (Wildman–Crippen LogP) is 3.70. The van der Waals surface area contributed by atoms with Gasteiger partial charge >= 0.3 is 0 Å². The van der Waals surface area contributed by atoms with Crippen molar-refractivity contribution in [3.63, 3.8) is 0 Å². The molecule has 3 heterocycles. The summed E-state index contributed by atoms with van der Waals surface area (Å²) in [7, 11) is 1.20. The van der Waals surface area contributed by atoms with Gasteiger partial charge in [-0.05, 0) is 62.1 Å². The molecule has 12 heteroatoms. The van der Waals surface area contributed by atoms with Crippen LogP contribution in [-0.4, -0.2) is 59.3 Å². The molecular formula is C30H33N5O6S. The third-order valence-electron chi connectivity index (χ3n) is 7.64. The lowest BCUT2D eigenvalue weighted by Crippen LogP contribution is -2.29. The second kappa shape index (κ2) is 10.7. The van der Waals surface area contributed by atoms with Crippen LogP contribution >= 0.6 is 0 Å². The van der Waals surface area contributed by atoms with Crippen LogP contribution in [0.2, 0.25) is 0 Å². The number of carbonyl (C=O) groups is 1. The molecule has 42 heavy (non-hydrogen) atoms. The van der Waals surface area contributed by atoms with Crippen LogP contribution in [0.4, 0.5) is 5.82 Å². The quantitative estimate of drug-likeness (QED) is 0.237. The van der Waals surface area contributed by atoms with Crippen LogP contribution in [0.3, 0.4) is 0 Å². The maximum absolute atomic E-state index is 13.9. The maximum atomic E-state index is 13.9. The Labute approximate surface area is 243 Å². The lowest BCUT2D eigenvalue weighted by molar-refractivity contribution is 0.0952. The second-order valence-corrected chi connectivity index (χ2v) is 12.9. The molecule has 1 aliphatic carbocycles. The maximum Gasteiger partial charge on any atom is 0.256 e. The van der Waals surface area contributed by atoms with E-state index in [2.05, 4.69) is 21.9 Å². The average Bonchev–Trinajstić information content (AvgIpc) is 3.68. The number of amides is 1. The molecule has 0 radical (unpaired) electrons. The van der Waals surface area contributed by atoms with Gasteiger partial charge in [0.05, 0.1) is 46.6 Å². The zero-order valence-electron chi connectivity index (χ0n) is 23.9. The van der Waals surface area contributed by atoms with Gasteiger partial charge in [0.2, 0.25) is 10.0 Å². The minimum Gasteiger partial charge on any atom is -0.506 e. The molecule has 0 bridgehead atoms. The molecule has 0 aliphatic heterocycles. The van der Waals surface area contributed by atoms with E-state index in [4.69, 9.17) is 4.74 Å². The summed E-state index contributed by atoms with van der Waals surface area (Å²) in [5, 5.41) is 13.8. The van der Waals surface area contributed by atoms with E-state index in [0.717, 1.165) is 16.0 Å². The van der Waals surface area contributed by atoms with Gasteiger partial charge in [-0.2, -0.15) is 0 Å². The van der Waals surface area contributed by atoms with Crippen molar-refractivity contribution in [2.75, 3.05) is 26.1 Å². The first kappa shape index (κ1) is 28.9. The number of rotatable bonds is 10. The predicted molar refractivity (Wildman–Crippen MR) is 162 cm³/mol. The van der Waals surface area contributed by atoms with Crippen molar-refractivity contribution in [3.05, 3.63) is 82.6 Å². The Morgan fingerprint density at radius 3 is 2.60 bits per heavy atom. The van der Waals surface area contributed by atoms with Crippen LogP contribution in [0.15, 0.2) is 60.2 Å². The summed E-state index contributed by atoms with van der Waals surface area (Å²) in [4.78, 5) is 35.3. The van der Waals surface area contributed by atoms with E-state index in [1.54, 1.807) is 37.4 Å². The van der Waals surface area contributed by atoms with Gasteiger partial charge in [-0.25, -0.2) is 17.4 Å². The van der Waals surface area contributed by atoms with Crippen LogP contribution in [0.1, 0.15) is 40.9 Å². The molecule has 1 saturated carbocycles. The molecule has 11 nitrogen and oxygen atoms in total. The molecule has 1 amide bonds. The highest BCUT2D eigenvalue weighted by Crippen LogP contribution is 2.49. The SMILES string of the molecule is C=CCC1(S(=O)(=O)n2cc(O)c3c(C(=O)NCc4c(OC)cc(C)[nH]c4=O)cc(-c4ccc(N(C)C)nc4)cc32)CC1. The number of anilines is 1. The Hall–Kier alpha value is -4.58. The summed E-state index contributed by atoms with van der Waals surface area (Å²) in [5.74, 6) is 0.0734. The van der Waals surface area contributed by atoms with E-state index >= 15 is 0 Å². The van der Waals surface area contributed by atoms with Crippen molar-refractivity contribution in [1.29, 1.82) is 0 Å². The van der Waals surface area contributed by atoms with Crippen molar-refractivity contribution in [3.8, 4) is 22.6 Å². The topological polar surface area (TPSA) is 147 Å². The second-order valence-electron chi connectivity index (χ2n) is 10.7. The summed E-state index contributed by atoms with van der Waals surface area (Å²) < 4.78 is 33.1. The number of ether oxygens (including phenoxy) is 1. The minimum atomic E-state index is -3.96. The first-order chi connectivity index (χ1) is 19.9. The number of benzene rings is 1. The molecule has 3 aromatic heterocycles. The van der Waals surface area contributed by atoms with Crippen molar-refractivity contribution < 1.29 is 23.1 Å². The number of pyridine rings is 2. The Kier molecular flexibility index (Phi) is 7.35. The molecule has 0 saturated heterocycles. The van der Waals surface area contributed by atoms with Gasteiger partial charge in [0.15, 0.2) is 0 Å². The Bertz CT molecular complexity index is 1870. The minimum absolute atomic E-state index is 0.0433. The van der Waals surface area contributed by atoms with E-state index < -0.39 is 26.2 Å². The molecule has 220 valence electrons. The third kappa shape index (κ3) is 4.91. The van der Waals surface area contributed by atoms with E-state index in [1.165, 1.54) is 7.11 Å². The van der Waals surface area contributed by atoms with Crippen LogP contribution in [0.25, 0.3) is 22.0 Å². The van der Waals surface area contributed by atoms with Crippen LogP contribution in [0, 0.1) is 6.92 Å². The number of H-pyrrole nitrogens is 1. The highest BCUT2D eigenvalue weighted by molar-refractivity contribution is 7.91. The van der Waals surface area contributed by atoms with Gasteiger partial charge in [-0.1, -0.05) is 6.08 Å². The molecule has 1 aromatic carbocycles.